The smallest absolute Gasteiger partial charge is 0.410 e. The van der Waals surface area contributed by atoms with E-state index in [4.69, 9.17) is 9.47 Å². The Morgan fingerprint density at radius 2 is 1.72 bits per heavy atom. The molecular weight excluding hydrogens is 320 g/mol. The maximum atomic E-state index is 12.2. The number of amides is 1. The van der Waals surface area contributed by atoms with Crippen LogP contribution in [0.15, 0.2) is 0 Å². The average Bonchev–Trinajstić information content (AvgIpc) is 2.58. The van der Waals surface area contributed by atoms with Crippen LogP contribution in [0.25, 0.3) is 0 Å². The molecule has 0 bridgehead atoms. The fourth-order valence-corrected chi connectivity index (χ4v) is 3.91. The van der Waals surface area contributed by atoms with E-state index in [-0.39, 0.29) is 12.1 Å². The fraction of sp³-hybridized carbons (Fsp3) is 0.895. The van der Waals surface area contributed by atoms with Gasteiger partial charge < -0.3 is 19.3 Å². The van der Waals surface area contributed by atoms with Crippen LogP contribution in [0.5, 0.6) is 0 Å². The Bertz CT molecular complexity index is 453. The lowest BCUT2D eigenvalue weighted by molar-refractivity contribution is -0.141. The van der Waals surface area contributed by atoms with Crippen molar-refractivity contribution < 1.29 is 19.1 Å². The fourth-order valence-electron chi connectivity index (χ4n) is 3.91. The molecule has 2 saturated heterocycles. The molecule has 0 unspecified atom stereocenters. The molecule has 2 aliphatic rings. The summed E-state index contributed by atoms with van der Waals surface area (Å²) in [7, 11) is 1.44. The molecule has 0 aromatic carbocycles. The number of esters is 1. The molecule has 2 heterocycles. The van der Waals surface area contributed by atoms with Gasteiger partial charge in [-0.3, -0.25) is 4.79 Å². The molecule has 2 rings (SSSR count). The number of carbonyl (C=O) groups excluding carboxylic acids is 2. The minimum Gasteiger partial charge on any atom is -0.469 e. The molecular formula is C19H34N2O4. The van der Waals surface area contributed by atoms with Crippen molar-refractivity contribution in [3.63, 3.8) is 0 Å². The molecule has 1 amide bonds. The zero-order chi connectivity index (χ0) is 18.4. The summed E-state index contributed by atoms with van der Waals surface area (Å²) < 4.78 is 10.2. The van der Waals surface area contributed by atoms with Crippen molar-refractivity contribution >= 4 is 12.1 Å². The van der Waals surface area contributed by atoms with E-state index < -0.39 is 5.60 Å². The highest BCUT2D eigenvalue weighted by Crippen LogP contribution is 2.32. The minimum atomic E-state index is -0.433. The van der Waals surface area contributed by atoms with Crippen molar-refractivity contribution in [3.8, 4) is 0 Å². The van der Waals surface area contributed by atoms with Crippen molar-refractivity contribution in [3.05, 3.63) is 0 Å². The van der Waals surface area contributed by atoms with Crippen LogP contribution < -0.4 is 0 Å². The standard InChI is InChI=1S/C19H34N2O4/c1-19(2,3)25-18(23)21-12-7-15(8-13-21)16-6-5-10-20(14-16)11-9-17(22)24-4/h15-16H,5-14H2,1-4H3/t16-/m0/s1. The summed E-state index contributed by atoms with van der Waals surface area (Å²) in [5, 5.41) is 0. The molecule has 0 aliphatic carbocycles. The van der Waals surface area contributed by atoms with Crippen molar-refractivity contribution in [1.29, 1.82) is 0 Å². The Balaban J connectivity index is 1.76. The van der Waals surface area contributed by atoms with Crippen molar-refractivity contribution in [2.75, 3.05) is 39.8 Å². The first-order valence-electron chi connectivity index (χ1n) is 9.55. The van der Waals surface area contributed by atoms with Crippen molar-refractivity contribution in [2.24, 2.45) is 11.8 Å². The van der Waals surface area contributed by atoms with Crippen LogP contribution in [0.2, 0.25) is 0 Å². The molecule has 0 saturated carbocycles. The normalized spacial score (nSPS) is 23.4. The third-order valence-electron chi connectivity index (χ3n) is 5.26. The Hall–Kier alpha value is -1.30. The summed E-state index contributed by atoms with van der Waals surface area (Å²) in [5.74, 6) is 1.21. The maximum Gasteiger partial charge on any atom is 0.410 e. The lowest BCUT2D eigenvalue weighted by Crippen LogP contribution is -2.45. The van der Waals surface area contributed by atoms with Gasteiger partial charge in [-0.25, -0.2) is 4.79 Å². The first kappa shape index (κ1) is 20.0. The average molecular weight is 354 g/mol. The van der Waals surface area contributed by atoms with Crippen LogP contribution in [0, 0.1) is 11.8 Å². The third kappa shape index (κ3) is 6.49. The number of piperidine rings is 2. The zero-order valence-corrected chi connectivity index (χ0v) is 16.3. The Morgan fingerprint density at radius 1 is 1.04 bits per heavy atom. The molecule has 2 aliphatic heterocycles. The predicted octanol–water partition coefficient (Wildman–Crippen LogP) is 2.91. The van der Waals surface area contributed by atoms with E-state index >= 15 is 0 Å². The highest BCUT2D eigenvalue weighted by molar-refractivity contribution is 5.69. The van der Waals surface area contributed by atoms with E-state index in [0.717, 1.165) is 45.6 Å². The van der Waals surface area contributed by atoms with Gasteiger partial charge in [0, 0.05) is 26.2 Å². The van der Waals surface area contributed by atoms with Gasteiger partial charge in [-0.2, -0.15) is 0 Å². The molecule has 0 aromatic heterocycles. The Morgan fingerprint density at radius 3 is 2.32 bits per heavy atom. The Labute approximate surface area is 151 Å². The topological polar surface area (TPSA) is 59.1 Å². The summed E-state index contributed by atoms with van der Waals surface area (Å²) in [6, 6.07) is 0. The van der Waals surface area contributed by atoms with Gasteiger partial charge in [-0.15, -0.1) is 0 Å². The first-order valence-corrected chi connectivity index (χ1v) is 9.55. The van der Waals surface area contributed by atoms with Crippen LogP contribution in [0.1, 0.15) is 52.9 Å². The first-order chi connectivity index (χ1) is 11.8. The van der Waals surface area contributed by atoms with Crippen LogP contribution in [0.3, 0.4) is 0 Å². The number of nitrogens with zero attached hydrogens (tertiary/aromatic N) is 2. The van der Waals surface area contributed by atoms with Gasteiger partial charge >= 0.3 is 12.1 Å². The summed E-state index contributed by atoms with van der Waals surface area (Å²) in [5.41, 5.74) is -0.433. The van der Waals surface area contributed by atoms with E-state index in [0.29, 0.717) is 18.3 Å². The number of rotatable bonds is 4. The molecule has 6 nitrogen and oxygen atoms in total. The monoisotopic (exact) mass is 354 g/mol. The van der Waals surface area contributed by atoms with Crippen LogP contribution in [0.4, 0.5) is 4.79 Å². The van der Waals surface area contributed by atoms with E-state index in [1.807, 2.05) is 25.7 Å². The van der Waals surface area contributed by atoms with Crippen molar-refractivity contribution in [1.82, 2.24) is 9.80 Å². The van der Waals surface area contributed by atoms with Gasteiger partial charge in [-0.05, 0) is 64.8 Å². The second kappa shape index (κ2) is 8.88. The molecule has 2 fully saturated rings. The molecule has 0 N–H and O–H groups in total. The number of methoxy groups -OCH3 is 1. The predicted molar refractivity (Wildman–Crippen MR) is 96.3 cm³/mol. The quantitative estimate of drug-likeness (QED) is 0.727. The summed E-state index contributed by atoms with van der Waals surface area (Å²) >= 11 is 0. The number of ether oxygens (including phenoxy) is 2. The second-order valence-electron chi connectivity index (χ2n) is 8.33. The molecule has 6 heteroatoms. The van der Waals surface area contributed by atoms with E-state index in [1.165, 1.54) is 20.0 Å². The zero-order valence-electron chi connectivity index (χ0n) is 16.3. The second-order valence-corrected chi connectivity index (χ2v) is 8.33. The lowest BCUT2D eigenvalue weighted by atomic mass is 9.79. The van der Waals surface area contributed by atoms with E-state index in [9.17, 15) is 9.59 Å². The maximum absolute atomic E-state index is 12.2. The van der Waals surface area contributed by atoms with Gasteiger partial charge in [0.05, 0.1) is 13.5 Å². The third-order valence-corrected chi connectivity index (χ3v) is 5.26. The summed E-state index contributed by atoms with van der Waals surface area (Å²) in [6.07, 6.45) is 4.84. The lowest BCUT2D eigenvalue weighted by Gasteiger charge is -2.41. The summed E-state index contributed by atoms with van der Waals surface area (Å²) in [6.45, 7) is 10.2. The molecule has 25 heavy (non-hydrogen) atoms. The SMILES string of the molecule is COC(=O)CCN1CCC[C@H](C2CCN(C(=O)OC(C)(C)C)CC2)C1. The molecule has 144 valence electrons. The van der Waals surface area contributed by atoms with Gasteiger partial charge in [0.1, 0.15) is 5.60 Å². The highest BCUT2D eigenvalue weighted by Gasteiger charge is 2.32. The van der Waals surface area contributed by atoms with Crippen molar-refractivity contribution in [2.45, 2.75) is 58.5 Å². The van der Waals surface area contributed by atoms with Crippen LogP contribution in [-0.4, -0.2) is 67.3 Å². The van der Waals surface area contributed by atoms with Gasteiger partial charge in [0.2, 0.25) is 0 Å². The number of hydrogen-bond acceptors (Lipinski definition) is 5. The number of hydrogen-bond donors (Lipinski definition) is 0. The minimum absolute atomic E-state index is 0.132. The van der Waals surface area contributed by atoms with Gasteiger partial charge in [-0.1, -0.05) is 0 Å². The van der Waals surface area contributed by atoms with Crippen LogP contribution >= 0.6 is 0 Å². The van der Waals surface area contributed by atoms with Crippen LogP contribution in [-0.2, 0) is 14.3 Å². The number of likely N-dealkylation sites (tertiary alicyclic amines) is 2. The van der Waals surface area contributed by atoms with Gasteiger partial charge in [0.15, 0.2) is 0 Å². The number of carbonyl (C=O) groups is 2. The molecule has 1 atom stereocenters. The Kier molecular flexibility index (Phi) is 7.11. The molecule has 0 aromatic rings. The van der Waals surface area contributed by atoms with E-state index in [1.54, 1.807) is 0 Å². The molecule has 0 spiro atoms. The largest absolute Gasteiger partial charge is 0.469 e. The van der Waals surface area contributed by atoms with Gasteiger partial charge in [0.25, 0.3) is 0 Å². The highest BCUT2D eigenvalue weighted by atomic mass is 16.6. The molecule has 0 radical (unpaired) electrons. The van der Waals surface area contributed by atoms with E-state index in [2.05, 4.69) is 4.90 Å². The summed E-state index contributed by atoms with van der Waals surface area (Å²) in [4.78, 5) is 27.8.